The molecule has 0 saturated carbocycles. The number of rotatable bonds is 6. The molecule has 0 N–H and O–H groups in total. The maximum atomic E-state index is 5.55. The van der Waals surface area contributed by atoms with Crippen molar-refractivity contribution in [2.24, 2.45) is 0 Å². The molecule has 2 aromatic rings. The highest BCUT2D eigenvalue weighted by molar-refractivity contribution is 5.57. The predicted octanol–water partition coefficient (Wildman–Crippen LogP) is 3.31. The molecule has 0 aliphatic carbocycles. The van der Waals surface area contributed by atoms with Crippen LogP contribution in [0.3, 0.4) is 0 Å². The van der Waals surface area contributed by atoms with E-state index in [0.29, 0.717) is 17.2 Å². The first-order chi connectivity index (χ1) is 13.1. The Labute approximate surface area is 160 Å². The Kier molecular flexibility index (Phi) is 5.65. The largest absolute Gasteiger partial charge is 0.493 e. The summed E-state index contributed by atoms with van der Waals surface area (Å²) in [4.78, 5) is 2.31. The Morgan fingerprint density at radius 3 is 1.81 bits per heavy atom. The molecule has 0 saturated heterocycles. The van der Waals surface area contributed by atoms with Gasteiger partial charge in [0.15, 0.2) is 23.0 Å². The second-order valence-electron chi connectivity index (χ2n) is 6.50. The van der Waals surface area contributed by atoms with Crippen molar-refractivity contribution < 1.29 is 23.7 Å². The first-order valence-corrected chi connectivity index (χ1v) is 8.82. The van der Waals surface area contributed by atoms with E-state index in [1.807, 2.05) is 12.1 Å². The summed E-state index contributed by atoms with van der Waals surface area (Å²) in [5.74, 6) is 3.36. The van der Waals surface area contributed by atoms with Gasteiger partial charge < -0.3 is 23.7 Å². The molecule has 1 atom stereocenters. The van der Waals surface area contributed by atoms with E-state index < -0.39 is 0 Å². The van der Waals surface area contributed by atoms with Crippen molar-refractivity contribution in [2.45, 2.75) is 12.5 Å². The Morgan fingerprint density at radius 2 is 1.30 bits per heavy atom. The second kappa shape index (κ2) is 7.96. The fraction of sp³-hybridized carbons (Fsp3) is 0.429. The van der Waals surface area contributed by atoms with E-state index in [4.69, 9.17) is 23.7 Å². The van der Waals surface area contributed by atoms with Crippen LogP contribution in [0.5, 0.6) is 28.7 Å². The minimum atomic E-state index is 0.0438. The van der Waals surface area contributed by atoms with Gasteiger partial charge in [-0.25, -0.2) is 0 Å². The second-order valence-corrected chi connectivity index (χ2v) is 6.50. The fourth-order valence-corrected chi connectivity index (χ4v) is 3.76. The third-order valence-electron chi connectivity index (χ3n) is 5.12. The third-order valence-corrected chi connectivity index (χ3v) is 5.12. The zero-order chi connectivity index (χ0) is 19.6. The van der Waals surface area contributed by atoms with Crippen LogP contribution >= 0.6 is 0 Å². The minimum absolute atomic E-state index is 0.0438. The van der Waals surface area contributed by atoms with Crippen molar-refractivity contribution in [2.75, 3.05) is 49.1 Å². The van der Waals surface area contributed by atoms with E-state index >= 15 is 0 Å². The molecule has 0 radical (unpaired) electrons. The van der Waals surface area contributed by atoms with Crippen molar-refractivity contribution in [1.82, 2.24) is 4.90 Å². The maximum absolute atomic E-state index is 5.55. The molecule has 1 heterocycles. The average molecular weight is 373 g/mol. The molecule has 6 heteroatoms. The Balaban J connectivity index is 2.18. The zero-order valence-electron chi connectivity index (χ0n) is 16.8. The van der Waals surface area contributed by atoms with Gasteiger partial charge in [0.05, 0.1) is 41.6 Å². The van der Waals surface area contributed by atoms with E-state index in [1.54, 1.807) is 35.5 Å². The molecule has 1 unspecified atom stereocenters. The van der Waals surface area contributed by atoms with Crippen molar-refractivity contribution in [3.8, 4) is 28.7 Å². The van der Waals surface area contributed by atoms with E-state index in [9.17, 15) is 0 Å². The standard InChI is InChI=1S/C21H27NO5/c1-22-8-7-13-9-16(23-2)17(24-3)12-15(13)20(22)14-10-18(25-4)21(27-6)19(11-14)26-5/h9-12,20H,7-8H2,1-6H3. The van der Waals surface area contributed by atoms with Gasteiger partial charge in [-0.3, -0.25) is 4.90 Å². The fourth-order valence-electron chi connectivity index (χ4n) is 3.76. The lowest BCUT2D eigenvalue weighted by Crippen LogP contribution is -2.33. The van der Waals surface area contributed by atoms with Crippen molar-refractivity contribution in [3.63, 3.8) is 0 Å². The van der Waals surface area contributed by atoms with Gasteiger partial charge in [-0.05, 0) is 54.4 Å². The average Bonchev–Trinajstić information content (AvgIpc) is 2.71. The molecule has 27 heavy (non-hydrogen) atoms. The van der Waals surface area contributed by atoms with Crippen LogP contribution in [0.4, 0.5) is 0 Å². The van der Waals surface area contributed by atoms with Gasteiger partial charge in [-0.1, -0.05) is 0 Å². The molecule has 0 aromatic heterocycles. The minimum Gasteiger partial charge on any atom is -0.493 e. The lowest BCUT2D eigenvalue weighted by atomic mass is 9.87. The summed E-state index contributed by atoms with van der Waals surface area (Å²) in [6.45, 7) is 0.934. The van der Waals surface area contributed by atoms with Crippen LogP contribution in [0.15, 0.2) is 24.3 Å². The van der Waals surface area contributed by atoms with Crippen molar-refractivity contribution in [3.05, 3.63) is 41.0 Å². The molecule has 3 rings (SSSR count). The topological polar surface area (TPSA) is 49.4 Å². The molecular weight excluding hydrogens is 346 g/mol. The molecule has 0 bridgehead atoms. The third kappa shape index (κ3) is 3.37. The number of methoxy groups -OCH3 is 5. The molecule has 2 aromatic carbocycles. The maximum Gasteiger partial charge on any atom is 0.203 e. The van der Waals surface area contributed by atoms with Crippen LogP contribution in [-0.4, -0.2) is 54.0 Å². The van der Waals surface area contributed by atoms with Gasteiger partial charge in [-0.15, -0.1) is 0 Å². The smallest absolute Gasteiger partial charge is 0.203 e. The highest BCUT2D eigenvalue weighted by Gasteiger charge is 2.30. The predicted molar refractivity (Wildman–Crippen MR) is 104 cm³/mol. The number of likely N-dealkylation sites (N-methyl/N-ethyl adjacent to an activating group) is 1. The monoisotopic (exact) mass is 373 g/mol. The molecule has 0 fully saturated rings. The number of nitrogens with zero attached hydrogens (tertiary/aromatic N) is 1. The van der Waals surface area contributed by atoms with Gasteiger partial charge in [0, 0.05) is 6.54 Å². The van der Waals surface area contributed by atoms with E-state index in [-0.39, 0.29) is 6.04 Å². The van der Waals surface area contributed by atoms with Crippen LogP contribution in [0.1, 0.15) is 22.7 Å². The summed E-state index contributed by atoms with van der Waals surface area (Å²) in [5, 5.41) is 0. The highest BCUT2D eigenvalue weighted by Crippen LogP contribution is 2.45. The van der Waals surface area contributed by atoms with Crippen LogP contribution in [0.2, 0.25) is 0 Å². The van der Waals surface area contributed by atoms with Crippen LogP contribution in [0, 0.1) is 0 Å². The van der Waals surface area contributed by atoms with E-state index in [1.165, 1.54) is 11.1 Å². The van der Waals surface area contributed by atoms with Gasteiger partial charge in [0.1, 0.15) is 0 Å². The number of ether oxygens (including phenoxy) is 5. The number of fused-ring (bicyclic) bond motifs is 1. The van der Waals surface area contributed by atoms with Gasteiger partial charge in [-0.2, -0.15) is 0 Å². The van der Waals surface area contributed by atoms with Crippen LogP contribution in [-0.2, 0) is 6.42 Å². The Morgan fingerprint density at radius 1 is 0.741 bits per heavy atom. The first-order valence-electron chi connectivity index (χ1n) is 8.82. The molecular formula is C21H27NO5. The normalized spacial score (nSPS) is 16.4. The summed E-state index contributed by atoms with van der Waals surface area (Å²) < 4.78 is 27.6. The number of benzene rings is 2. The highest BCUT2D eigenvalue weighted by atomic mass is 16.5. The molecule has 146 valence electrons. The van der Waals surface area contributed by atoms with E-state index in [2.05, 4.69) is 24.1 Å². The molecule has 0 amide bonds. The van der Waals surface area contributed by atoms with Crippen LogP contribution in [0.25, 0.3) is 0 Å². The molecule has 1 aliphatic heterocycles. The summed E-state index contributed by atoms with van der Waals surface area (Å²) in [7, 11) is 10.3. The summed E-state index contributed by atoms with van der Waals surface area (Å²) >= 11 is 0. The summed E-state index contributed by atoms with van der Waals surface area (Å²) in [6.07, 6.45) is 0.952. The number of hydrogen-bond acceptors (Lipinski definition) is 6. The van der Waals surface area contributed by atoms with Crippen molar-refractivity contribution in [1.29, 1.82) is 0 Å². The zero-order valence-corrected chi connectivity index (χ0v) is 16.8. The molecule has 1 aliphatic rings. The number of hydrogen-bond donors (Lipinski definition) is 0. The lowest BCUT2D eigenvalue weighted by molar-refractivity contribution is 0.260. The van der Waals surface area contributed by atoms with Crippen molar-refractivity contribution >= 4 is 0 Å². The summed E-state index contributed by atoms with van der Waals surface area (Å²) in [5.41, 5.74) is 3.51. The van der Waals surface area contributed by atoms with Gasteiger partial charge in [0.2, 0.25) is 5.75 Å². The SMILES string of the molecule is COc1cc2c(cc1OC)C(c1cc(OC)c(OC)c(OC)c1)N(C)CC2. The van der Waals surface area contributed by atoms with Gasteiger partial charge in [0.25, 0.3) is 0 Å². The van der Waals surface area contributed by atoms with Crippen LogP contribution < -0.4 is 23.7 Å². The Hall–Kier alpha value is -2.60. The van der Waals surface area contributed by atoms with E-state index in [0.717, 1.165) is 30.0 Å². The lowest BCUT2D eigenvalue weighted by Gasteiger charge is -2.36. The summed E-state index contributed by atoms with van der Waals surface area (Å²) in [6, 6.07) is 8.20. The molecule has 0 spiro atoms. The van der Waals surface area contributed by atoms with Gasteiger partial charge >= 0.3 is 0 Å². The quantitative estimate of drug-likeness (QED) is 0.774. The first kappa shape index (κ1) is 19.2. The molecule has 6 nitrogen and oxygen atoms in total. The Bertz CT molecular complexity index is 795.